The van der Waals surface area contributed by atoms with Crippen LogP contribution in [0.25, 0.3) is 0 Å². The molecule has 0 aliphatic rings. The van der Waals surface area contributed by atoms with Crippen molar-refractivity contribution < 1.29 is 4.39 Å². The third-order valence-corrected chi connectivity index (χ3v) is 4.38. The van der Waals surface area contributed by atoms with E-state index < -0.39 is 0 Å². The normalized spacial score (nSPS) is 12.4. The first-order chi connectivity index (χ1) is 9.51. The second-order valence-electron chi connectivity index (χ2n) is 4.78. The molecular weight excluding hydrogens is 385 g/mol. The summed E-state index contributed by atoms with van der Waals surface area (Å²) in [6, 6.07) is 11.5. The van der Waals surface area contributed by atoms with Gasteiger partial charge in [-0.3, -0.25) is 0 Å². The van der Waals surface area contributed by atoms with E-state index in [1.807, 2.05) is 25.2 Å². The largest absolute Gasteiger partial charge is 0.313 e. The first-order valence-electron chi connectivity index (χ1n) is 6.38. The van der Waals surface area contributed by atoms with Gasteiger partial charge in [0, 0.05) is 15.0 Å². The molecule has 2 aromatic carbocycles. The minimum atomic E-state index is -0.172. The zero-order valence-electron chi connectivity index (χ0n) is 11.4. The van der Waals surface area contributed by atoms with E-state index in [0.717, 1.165) is 14.5 Å². The maximum atomic E-state index is 14.0. The van der Waals surface area contributed by atoms with Gasteiger partial charge in [0.05, 0.1) is 0 Å². The smallest absolute Gasteiger partial charge is 0.127 e. The summed E-state index contributed by atoms with van der Waals surface area (Å²) in [6.45, 7) is 2.07. The van der Waals surface area contributed by atoms with Crippen LogP contribution in [-0.4, -0.2) is 7.05 Å². The molecule has 1 atom stereocenters. The SMILES string of the molecule is CNC(Cc1ccc(Br)cc1F)c1ccc(Br)cc1C. The van der Waals surface area contributed by atoms with Gasteiger partial charge in [-0.2, -0.15) is 0 Å². The fourth-order valence-corrected chi connectivity index (χ4v) is 3.11. The molecule has 4 heteroatoms. The van der Waals surface area contributed by atoms with Crippen LogP contribution in [0, 0.1) is 12.7 Å². The van der Waals surface area contributed by atoms with E-state index in [2.05, 4.69) is 56.2 Å². The maximum Gasteiger partial charge on any atom is 0.127 e. The number of nitrogens with one attached hydrogen (secondary N) is 1. The van der Waals surface area contributed by atoms with Gasteiger partial charge < -0.3 is 5.32 Å². The molecule has 0 spiro atoms. The molecule has 20 heavy (non-hydrogen) atoms. The van der Waals surface area contributed by atoms with E-state index in [1.165, 1.54) is 17.2 Å². The Morgan fingerprint density at radius 2 is 1.75 bits per heavy atom. The van der Waals surface area contributed by atoms with Crippen LogP contribution < -0.4 is 5.32 Å². The third kappa shape index (κ3) is 3.68. The highest BCUT2D eigenvalue weighted by atomic mass is 79.9. The van der Waals surface area contributed by atoms with E-state index in [0.29, 0.717) is 6.42 Å². The number of hydrogen-bond acceptors (Lipinski definition) is 1. The molecule has 1 unspecified atom stereocenters. The number of aryl methyl sites for hydroxylation is 1. The number of benzene rings is 2. The Morgan fingerprint density at radius 3 is 2.35 bits per heavy atom. The van der Waals surface area contributed by atoms with Crippen molar-refractivity contribution in [1.29, 1.82) is 0 Å². The van der Waals surface area contributed by atoms with E-state index in [-0.39, 0.29) is 11.9 Å². The molecule has 1 N–H and O–H groups in total. The number of rotatable bonds is 4. The minimum Gasteiger partial charge on any atom is -0.313 e. The summed E-state index contributed by atoms with van der Waals surface area (Å²) in [4.78, 5) is 0. The molecule has 1 nitrogen and oxygen atoms in total. The molecule has 0 radical (unpaired) electrons. The lowest BCUT2D eigenvalue weighted by atomic mass is 9.95. The first kappa shape index (κ1) is 15.7. The molecule has 106 valence electrons. The van der Waals surface area contributed by atoms with Crippen LogP contribution in [0.4, 0.5) is 4.39 Å². The summed E-state index contributed by atoms with van der Waals surface area (Å²) in [7, 11) is 1.91. The Morgan fingerprint density at radius 1 is 1.10 bits per heavy atom. The zero-order valence-corrected chi connectivity index (χ0v) is 14.6. The van der Waals surface area contributed by atoms with Crippen molar-refractivity contribution in [2.75, 3.05) is 7.05 Å². The zero-order chi connectivity index (χ0) is 14.7. The van der Waals surface area contributed by atoms with Gasteiger partial charge >= 0.3 is 0 Å². The average Bonchev–Trinajstić information content (AvgIpc) is 2.39. The number of hydrogen-bond donors (Lipinski definition) is 1. The molecule has 2 rings (SSSR count). The van der Waals surface area contributed by atoms with Gasteiger partial charge in [-0.15, -0.1) is 0 Å². The average molecular weight is 401 g/mol. The Hall–Kier alpha value is -0.710. The molecule has 0 saturated heterocycles. The molecule has 0 heterocycles. The van der Waals surface area contributed by atoms with Crippen molar-refractivity contribution in [2.45, 2.75) is 19.4 Å². The second kappa shape index (κ2) is 6.83. The van der Waals surface area contributed by atoms with Crippen LogP contribution >= 0.6 is 31.9 Å². The van der Waals surface area contributed by atoms with Gasteiger partial charge in [0.2, 0.25) is 0 Å². The predicted octanol–water partition coefficient (Wildman–Crippen LogP) is 5.16. The summed E-state index contributed by atoms with van der Waals surface area (Å²) >= 11 is 6.75. The Bertz CT molecular complexity index is 613. The van der Waals surface area contributed by atoms with Gasteiger partial charge in [-0.1, -0.05) is 44.0 Å². The van der Waals surface area contributed by atoms with Crippen LogP contribution in [0.1, 0.15) is 22.7 Å². The van der Waals surface area contributed by atoms with Crippen molar-refractivity contribution in [3.63, 3.8) is 0 Å². The number of halogens is 3. The van der Waals surface area contributed by atoms with Gasteiger partial charge in [0.15, 0.2) is 0 Å². The van der Waals surface area contributed by atoms with Gasteiger partial charge in [0.25, 0.3) is 0 Å². The number of likely N-dealkylation sites (N-methyl/N-ethyl adjacent to an activating group) is 1. The van der Waals surface area contributed by atoms with Crippen LogP contribution in [-0.2, 0) is 6.42 Å². The molecule has 0 fully saturated rings. The summed E-state index contributed by atoms with van der Waals surface area (Å²) in [5.74, 6) is -0.172. The molecular formula is C16H16Br2FN. The fraction of sp³-hybridized carbons (Fsp3) is 0.250. The van der Waals surface area contributed by atoms with Crippen molar-refractivity contribution >= 4 is 31.9 Å². The summed E-state index contributed by atoms with van der Waals surface area (Å²) in [5, 5.41) is 3.28. The van der Waals surface area contributed by atoms with Crippen LogP contribution in [0.5, 0.6) is 0 Å². The molecule has 0 amide bonds. The van der Waals surface area contributed by atoms with E-state index in [1.54, 1.807) is 0 Å². The third-order valence-electron chi connectivity index (χ3n) is 3.39. The lowest BCUT2D eigenvalue weighted by Crippen LogP contribution is -2.20. The van der Waals surface area contributed by atoms with Crippen LogP contribution in [0.15, 0.2) is 45.3 Å². The lowest BCUT2D eigenvalue weighted by Gasteiger charge is -2.19. The van der Waals surface area contributed by atoms with E-state index in [9.17, 15) is 4.39 Å². The second-order valence-corrected chi connectivity index (χ2v) is 6.61. The Balaban J connectivity index is 2.28. The highest BCUT2D eigenvalue weighted by Crippen LogP contribution is 2.26. The van der Waals surface area contributed by atoms with Crippen LogP contribution in [0.2, 0.25) is 0 Å². The van der Waals surface area contributed by atoms with Crippen LogP contribution in [0.3, 0.4) is 0 Å². The van der Waals surface area contributed by atoms with Gasteiger partial charge in [-0.05, 0) is 61.3 Å². The van der Waals surface area contributed by atoms with Crippen molar-refractivity contribution in [2.24, 2.45) is 0 Å². The fourth-order valence-electron chi connectivity index (χ4n) is 2.30. The summed E-state index contributed by atoms with van der Waals surface area (Å²) in [6.07, 6.45) is 0.623. The lowest BCUT2D eigenvalue weighted by molar-refractivity contribution is 0.552. The highest BCUT2D eigenvalue weighted by molar-refractivity contribution is 9.10. The Labute approximate surface area is 135 Å². The van der Waals surface area contributed by atoms with Crippen molar-refractivity contribution in [1.82, 2.24) is 5.32 Å². The molecule has 0 aromatic heterocycles. The molecule has 0 saturated carbocycles. The monoisotopic (exact) mass is 399 g/mol. The highest BCUT2D eigenvalue weighted by Gasteiger charge is 2.15. The van der Waals surface area contributed by atoms with Crippen molar-refractivity contribution in [3.05, 3.63) is 67.9 Å². The van der Waals surface area contributed by atoms with E-state index in [4.69, 9.17) is 0 Å². The topological polar surface area (TPSA) is 12.0 Å². The summed E-state index contributed by atoms with van der Waals surface area (Å²) < 4.78 is 15.8. The standard InChI is InChI=1S/C16H16Br2FN/c1-10-7-12(17)5-6-14(10)16(20-2)8-11-3-4-13(18)9-15(11)19/h3-7,9,16,20H,8H2,1-2H3. The molecule has 2 aromatic rings. The summed E-state index contributed by atoms with van der Waals surface area (Å²) in [5.41, 5.74) is 3.10. The molecule has 0 bridgehead atoms. The first-order valence-corrected chi connectivity index (χ1v) is 7.97. The van der Waals surface area contributed by atoms with E-state index >= 15 is 0 Å². The van der Waals surface area contributed by atoms with Gasteiger partial charge in [-0.25, -0.2) is 4.39 Å². The maximum absolute atomic E-state index is 14.0. The predicted molar refractivity (Wildman–Crippen MR) is 88.5 cm³/mol. The van der Waals surface area contributed by atoms with Crippen molar-refractivity contribution in [3.8, 4) is 0 Å². The van der Waals surface area contributed by atoms with Gasteiger partial charge in [0.1, 0.15) is 5.82 Å². The minimum absolute atomic E-state index is 0.0961. The molecule has 0 aliphatic carbocycles. The Kier molecular flexibility index (Phi) is 5.35. The quantitative estimate of drug-likeness (QED) is 0.747. The molecule has 0 aliphatic heterocycles.